The van der Waals surface area contributed by atoms with E-state index in [0.717, 1.165) is 42.7 Å². The van der Waals surface area contributed by atoms with Gasteiger partial charge in [0.25, 0.3) is 0 Å². The van der Waals surface area contributed by atoms with Crippen molar-refractivity contribution in [3.05, 3.63) is 22.8 Å². The number of methoxy groups -OCH3 is 1. The SMILES string of the molecule is COCCNCC(C)c1c(C)nc(CSC)nc1C. The molecule has 0 spiro atoms. The minimum Gasteiger partial charge on any atom is -0.383 e. The molecule has 1 heterocycles. The fourth-order valence-electron chi connectivity index (χ4n) is 2.30. The molecule has 0 saturated carbocycles. The summed E-state index contributed by atoms with van der Waals surface area (Å²) in [6.07, 6.45) is 2.07. The Morgan fingerprint density at radius 1 is 1.26 bits per heavy atom. The number of nitrogens with zero attached hydrogens (tertiary/aromatic N) is 2. The molecule has 108 valence electrons. The fourth-order valence-corrected chi connectivity index (χ4v) is 2.68. The lowest BCUT2D eigenvalue weighted by Crippen LogP contribution is -2.25. The van der Waals surface area contributed by atoms with Crippen LogP contribution >= 0.6 is 11.8 Å². The second-order valence-corrected chi connectivity index (χ2v) is 5.62. The lowest BCUT2D eigenvalue weighted by atomic mass is 9.98. The molecule has 4 nitrogen and oxygen atoms in total. The summed E-state index contributed by atoms with van der Waals surface area (Å²) in [5.41, 5.74) is 3.49. The summed E-state index contributed by atoms with van der Waals surface area (Å²) in [6, 6.07) is 0. The molecule has 0 radical (unpaired) electrons. The van der Waals surface area contributed by atoms with Crippen LogP contribution in [0.4, 0.5) is 0 Å². The molecular formula is C14H25N3OS. The van der Waals surface area contributed by atoms with E-state index in [2.05, 4.69) is 42.3 Å². The molecule has 1 aromatic heterocycles. The van der Waals surface area contributed by atoms with Crippen LogP contribution in [0.25, 0.3) is 0 Å². The van der Waals surface area contributed by atoms with E-state index in [-0.39, 0.29) is 0 Å². The molecule has 0 fully saturated rings. The predicted octanol–water partition coefficient (Wildman–Crippen LogP) is 2.30. The Hall–Kier alpha value is -0.650. The maximum atomic E-state index is 5.03. The lowest BCUT2D eigenvalue weighted by molar-refractivity contribution is 0.199. The molecule has 0 saturated heterocycles. The van der Waals surface area contributed by atoms with Crippen LogP contribution in [-0.4, -0.2) is 43.0 Å². The number of hydrogen-bond acceptors (Lipinski definition) is 5. The summed E-state index contributed by atoms with van der Waals surface area (Å²) in [5, 5.41) is 3.39. The normalized spacial score (nSPS) is 12.7. The molecule has 0 aromatic carbocycles. The summed E-state index contributed by atoms with van der Waals surface area (Å²) in [6.45, 7) is 8.93. The predicted molar refractivity (Wildman–Crippen MR) is 81.9 cm³/mol. The van der Waals surface area contributed by atoms with Crippen LogP contribution < -0.4 is 5.32 Å². The van der Waals surface area contributed by atoms with Gasteiger partial charge in [-0.05, 0) is 31.6 Å². The Labute approximate surface area is 120 Å². The average molecular weight is 283 g/mol. The van der Waals surface area contributed by atoms with E-state index in [4.69, 9.17) is 4.74 Å². The van der Waals surface area contributed by atoms with Gasteiger partial charge < -0.3 is 10.1 Å². The van der Waals surface area contributed by atoms with Crippen LogP contribution in [0.2, 0.25) is 0 Å². The van der Waals surface area contributed by atoms with Crippen molar-refractivity contribution >= 4 is 11.8 Å². The molecule has 1 N–H and O–H groups in total. The van der Waals surface area contributed by atoms with Crippen LogP contribution in [0.5, 0.6) is 0 Å². The number of ether oxygens (including phenoxy) is 1. The Morgan fingerprint density at radius 2 is 1.89 bits per heavy atom. The first-order valence-electron chi connectivity index (χ1n) is 6.62. The number of hydrogen-bond donors (Lipinski definition) is 1. The molecule has 0 aliphatic heterocycles. The number of nitrogens with one attached hydrogen (secondary N) is 1. The maximum absolute atomic E-state index is 5.03. The van der Waals surface area contributed by atoms with Gasteiger partial charge in [0.2, 0.25) is 0 Å². The van der Waals surface area contributed by atoms with Crippen molar-refractivity contribution < 1.29 is 4.74 Å². The van der Waals surface area contributed by atoms with Gasteiger partial charge in [-0.1, -0.05) is 6.92 Å². The van der Waals surface area contributed by atoms with Gasteiger partial charge in [0.15, 0.2) is 0 Å². The van der Waals surface area contributed by atoms with Gasteiger partial charge in [-0.15, -0.1) is 0 Å². The van der Waals surface area contributed by atoms with Crippen molar-refractivity contribution in [2.75, 3.05) is 33.1 Å². The zero-order chi connectivity index (χ0) is 14.3. The third-order valence-corrected chi connectivity index (χ3v) is 3.62. The second-order valence-electron chi connectivity index (χ2n) is 4.76. The average Bonchev–Trinajstić information content (AvgIpc) is 2.34. The van der Waals surface area contributed by atoms with Crippen LogP contribution in [0, 0.1) is 13.8 Å². The fraction of sp³-hybridized carbons (Fsp3) is 0.714. The van der Waals surface area contributed by atoms with E-state index in [9.17, 15) is 0 Å². The van der Waals surface area contributed by atoms with Crippen LogP contribution in [0.3, 0.4) is 0 Å². The van der Waals surface area contributed by atoms with E-state index in [1.807, 2.05) is 0 Å². The lowest BCUT2D eigenvalue weighted by Gasteiger charge is -2.17. The smallest absolute Gasteiger partial charge is 0.138 e. The number of aromatic nitrogens is 2. The Morgan fingerprint density at radius 3 is 2.42 bits per heavy atom. The van der Waals surface area contributed by atoms with E-state index in [0.29, 0.717) is 5.92 Å². The molecule has 0 amide bonds. The molecule has 1 aromatic rings. The molecule has 0 aliphatic rings. The standard InChI is InChI=1S/C14H25N3OS/c1-10(8-15-6-7-18-4)14-11(2)16-13(9-19-5)17-12(14)3/h10,15H,6-9H2,1-5H3. The topological polar surface area (TPSA) is 47.0 Å². The zero-order valence-corrected chi connectivity index (χ0v) is 13.4. The highest BCUT2D eigenvalue weighted by molar-refractivity contribution is 7.97. The van der Waals surface area contributed by atoms with Crippen LogP contribution in [0.15, 0.2) is 0 Å². The van der Waals surface area contributed by atoms with E-state index in [1.165, 1.54) is 5.56 Å². The van der Waals surface area contributed by atoms with E-state index in [1.54, 1.807) is 18.9 Å². The van der Waals surface area contributed by atoms with Crippen molar-refractivity contribution in [1.29, 1.82) is 0 Å². The summed E-state index contributed by atoms with van der Waals surface area (Å²) in [7, 11) is 1.72. The van der Waals surface area contributed by atoms with Crippen molar-refractivity contribution in [3.8, 4) is 0 Å². The Balaban J connectivity index is 2.71. The van der Waals surface area contributed by atoms with Crippen LogP contribution in [-0.2, 0) is 10.5 Å². The summed E-state index contributed by atoms with van der Waals surface area (Å²) >= 11 is 1.75. The molecule has 0 aliphatic carbocycles. The number of thioether (sulfide) groups is 1. The minimum atomic E-state index is 0.417. The van der Waals surface area contributed by atoms with E-state index < -0.39 is 0 Å². The first-order chi connectivity index (χ1) is 9.10. The van der Waals surface area contributed by atoms with Gasteiger partial charge in [-0.3, -0.25) is 0 Å². The van der Waals surface area contributed by atoms with Gasteiger partial charge in [-0.25, -0.2) is 9.97 Å². The Bertz CT molecular complexity index is 375. The van der Waals surface area contributed by atoms with E-state index >= 15 is 0 Å². The van der Waals surface area contributed by atoms with Gasteiger partial charge >= 0.3 is 0 Å². The molecule has 1 atom stereocenters. The monoisotopic (exact) mass is 283 g/mol. The quantitative estimate of drug-likeness (QED) is 0.742. The third-order valence-electron chi connectivity index (χ3n) is 3.07. The third kappa shape index (κ3) is 5.09. The molecule has 5 heteroatoms. The van der Waals surface area contributed by atoms with Crippen molar-refractivity contribution in [2.45, 2.75) is 32.4 Å². The first kappa shape index (κ1) is 16.4. The molecule has 1 unspecified atom stereocenters. The maximum Gasteiger partial charge on any atom is 0.138 e. The summed E-state index contributed by atoms with van der Waals surface area (Å²) < 4.78 is 5.03. The molecular weight excluding hydrogens is 258 g/mol. The van der Waals surface area contributed by atoms with Gasteiger partial charge in [0.1, 0.15) is 5.82 Å². The summed E-state index contributed by atoms with van der Waals surface area (Å²) in [5.74, 6) is 2.23. The van der Waals surface area contributed by atoms with Gasteiger partial charge in [0.05, 0.1) is 12.4 Å². The minimum absolute atomic E-state index is 0.417. The van der Waals surface area contributed by atoms with Crippen molar-refractivity contribution in [1.82, 2.24) is 15.3 Å². The van der Waals surface area contributed by atoms with Gasteiger partial charge in [0, 0.05) is 31.6 Å². The summed E-state index contributed by atoms with van der Waals surface area (Å²) in [4.78, 5) is 9.21. The molecule has 19 heavy (non-hydrogen) atoms. The van der Waals surface area contributed by atoms with Crippen LogP contribution in [0.1, 0.15) is 35.6 Å². The highest BCUT2D eigenvalue weighted by Crippen LogP contribution is 2.21. The van der Waals surface area contributed by atoms with Gasteiger partial charge in [-0.2, -0.15) is 11.8 Å². The molecule has 0 bridgehead atoms. The zero-order valence-electron chi connectivity index (χ0n) is 12.6. The highest BCUT2D eigenvalue weighted by Gasteiger charge is 2.14. The molecule has 1 rings (SSSR count). The Kier molecular flexibility index (Phi) is 7.34. The number of rotatable bonds is 8. The van der Waals surface area contributed by atoms with Crippen molar-refractivity contribution in [3.63, 3.8) is 0 Å². The first-order valence-corrected chi connectivity index (χ1v) is 8.02. The largest absolute Gasteiger partial charge is 0.383 e. The number of aryl methyl sites for hydroxylation is 2. The van der Waals surface area contributed by atoms with Crippen molar-refractivity contribution in [2.24, 2.45) is 0 Å². The highest BCUT2D eigenvalue weighted by atomic mass is 32.2. The second kappa shape index (κ2) is 8.51.